The van der Waals surface area contributed by atoms with Crippen molar-refractivity contribution in [1.29, 1.82) is 0 Å². The third-order valence-electron chi connectivity index (χ3n) is 2.28. The van der Waals surface area contributed by atoms with Crippen molar-refractivity contribution in [2.24, 2.45) is 0 Å². The highest BCUT2D eigenvalue weighted by atomic mass is 79.9. The van der Waals surface area contributed by atoms with E-state index in [-0.39, 0.29) is 5.78 Å². The topological polar surface area (TPSA) is 26.3 Å². The quantitative estimate of drug-likeness (QED) is 0.653. The zero-order valence-corrected chi connectivity index (χ0v) is 13.9. The summed E-state index contributed by atoms with van der Waals surface area (Å²) in [5, 5.41) is 0.429. The Morgan fingerprint density at radius 1 is 1.33 bits per heavy atom. The fourth-order valence-electron chi connectivity index (χ4n) is 1.41. The van der Waals surface area contributed by atoms with E-state index in [1.807, 2.05) is 0 Å². The number of rotatable bonds is 3. The van der Waals surface area contributed by atoms with E-state index in [0.717, 1.165) is 8.26 Å². The SMILES string of the molecule is COc1ccc(C(=O)c2cc(Br)c(Br)s2)cc1Cl. The number of carbonyl (C=O) groups is 1. The van der Waals surface area contributed by atoms with Crippen LogP contribution in [0.3, 0.4) is 0 Å². The molecule has 0 bridgehead atoms. The molecule has 0 aliphatic carbocycles. The van der Waals surface area contributed by atoms with Gasteiger partial charge in [0, 0.05) is 10.0 Å². The van der Waals surface area contributed by atoms with E-state index in [9.17, 15) is 4.79 Å². The molecule has 0 saturated heterocycles. The first-order valence-corrected chi connectivity index (χ1v) is 7.64. The third kappa shape index (κ3) is 2.79. The molecule has 1 heterocycles. The van der Waals surface area contributed by atoms with Crippen LogP contribution >= 0.6 is 54.8 Å². The van der Waals surface area contributed by atoms with Crippen molar-refractivity contribution in [3.05, 3.63) is 48.0 Å². The molecule has 0 N–H and O–H groups in total. The highest BCUT2D eigenvalue weighted by Gasteiger charge is 2.15. The van der Waals surface area contributed by atoms with Gasteiger partial charge in [-0.05, 0) is 56.1 Å². The van der Waals surface area contributed by atoms with Gasteiger partial charge in [-0.1, -0.05) is 11.6 Å². The lowest BCUT2D eigenvalue weighted by Gasteiger charge is -2.04. The van der Waals surface area contributed by atoms with Crippen LogP contribution in [0.1, 0.15) is 15.2 Å². The minimum Gasteiger partial charge on any atom is -0.495 e. The Morgan fingerprint density at radius 2 is 2.06 bits per heavy atom. The molecule has 0 amide bonds. The largest absolute Gasteiger partial charge is 0.495 e. The summed E-state index contributed by atoms with van der Waals surface area (Å²) < 4.78 is 6.82. The van der Waals surface area contributed by atoms with Gasteiger partial charge in [-0.2, -0.15) is 0 Å². The Kier molecular flexibility index (Phi) is 4.48. The zero-order valence-electron chi connectivity index (χ0n) is 9.17. The lowest BCUT2D eigenvalue weighted by molar-refractivity contribution is 0.104. The highest BCUT2D eigenvalue weighted by Crippen LogP contribution is 2.34. The Hall–Kier alpha value is -0.360. The van der Waals surface area contributed by atoms with E-state index < -0.39 is 0 Å². The van der Waals surface area contributed by atoms with E-state index in [1.165, 1.54) is 18.4 Å². The smallest absolute Gasteiger partial charge is 0.203 e. The molecule has 94 valence electrons. The molecule has 0 aliphatic heterocycles. The average Bonchev–Trinajstić information content (AvgIpc) is 2.68. The molecule has 2 rings (SSSR count). The highest BCUT2D eigenvalue weighted by molar-refractivity contribution is 9.13. The van der Waals surface area contributed by atoms with Gasteiger partial charge in [-0.15, -0.1) is 11.3 Å². The molecule has 18 heavy (non-hydrogen) atoms. The molecule has 0 atom stereocenters. The minimum atomic E-state index is -0.0593. The molecular weight excluding hydrogens is 403 g/mol. The lowest BCUT2D eigenvalue weighted by atomic mass is 10.1. The standard InChI is InChI=1S/C12H7Br2ClO2S/c1-17-9-3-2-6(4-8(9)15)11(16)10-5-7(13)12(14)18-10/h2-5H,1H3. The second-order valence-corrected chi connectivity index (χ2v) is 7.04. The summed E-state index contributed by atoms with van der Waals surface area (Å²) in [6.07, 6.45) is 0. The molecule has 0 fully saturated rings. The van der Waals surface area contributed by atoms with Crippen LogP contribution in [-0.2, 0) is 0 Å². The van der Waals surface area contributed by atoms with Gasteiger partial charge in [0.05, 0.1) is 20.8 Å². The number of ether oxygens (including phenoxy) is 1. The second-order valence-electron chi connectivity index (χ2n) is 3.41. The van der Waals surface area contributed by atoms with Crippen molar-refractivity contribution < 1.29 is 9.53 Å². The molecular formula is C12H7Br2ClO2S. The van der Waals surface area contributed by atoms with Gasteiger partial charge in [0.15, 0.2) is 0 Å². The fraction of sp³-hybridized carbons (Fsp3) is 0.0833. The molecule has 2 aromatic rings. The number of benzene rings is 1. The van der Waals surface area contributed by atoms with E-state index in [0.29, 0.717) is 21.2 Å². The number of carbonyl (C=O) groups excluding carboxylic acids is 1. The number of methoxy groups -OCH3 is 1. The van der Waals surface area contributed by atoms with Gasteiger partial charge in [0.1, 0.15) is 5.75 Å². The molecule has 1 aromatic heterocycles. The van der Waals surface area contributed by atoms with Crippen molar-refractivity contribution in [2.75, 3.05) is 7.11 Å². The van der Waals surface area contributed by atoms with E-state index in [1.54, 1.807) is 24.3 Å². The molecule has 2 nitrogen and oxygen atoms in total. The first kappa shape index (κ1) is 14.1. The van der Waals surface area contributed by atoms with Gasteiger partial charge in [-0.25, -0.2) is 0 Å². The molecule has 0 spiro atoms. The van der Waals surface area contributed by atoms with E-state index in [2.05, 4.69) is 31.9 Å². The Bertz CT molecular complexity index is 591. The van der Waals surface area contributed by atoms with E-state index >= 15 is 0 Å². The van der Waals surface area contributed by atoms with Crippen LogP contribution in [0.4, 0.5) is 0 Å². The molecule has 1 aromatic carbocycles. The van der Waals surface area contributed by atoms with Gasteiger partial charge in [0.2, 0.25) is 5.78 Å². The van der Waals surface area contributed by atoms with Crippen LogP contribution in [0.5, 0.6) is 5.75 Å². The number of hydrogen-bond acceptors (Lipinski definition) is 3. The van der Waals surface area contributed by atoms with Crippen LogP contribution in [0, 0.1) is 0 Å². The Balaban J connectivity index is 2.37. The van der Waals surface area contributed by atoms with Gasteiger partial charge in [0.25, 0.3) is 0 Å². The third-order valence-corrected chi connectivity index (χ3v) is 5.83. The summed E-state index contributed by atoms with van der Waals surface area (Å²) in [4.78, 5) is 12.9. The first-order chi connectivity index (χ1) is 8.52. The monoisotopic (exact) mass is 408 g/mol. The van der Waals surface area contributed by atoms with Crippen LogP contribution in [0.15, 0.2) is 32.5 Å². The van der Waals surface area contributed by atoms with Crippen LogP contribution < -0.4 is 4.74 Å². The minimum absolute atomic E-state index is 0.0593. The second kappa shape index (κ2) is 5.74. The molecule has 0 unspecified atom stereocenters. The first-order valence-electron chi connectivity index (χ1n) is 4.86. The maximum atomic E-state index is 12.2. The van der Waals surface area contributed by atoms with Crippen LogP contribution in [0.25, 0.3) is 0 Å². The number of hydrogen-bond donors (Lipinski definition) is 0. The van der Waals surface area contributed by atoms with E-state index in [4.69, 9.17) is 16.3 Å². The maximum Gasteiger partial charge on any atom is 0.203 e. The fourth-order valence-corrected chi connectivity index (χ4v) is 3.66. The molecule has 6 heteroatoms. The normalized spacial score (nSPS) is 10.4. The van der Waals surface area contributed by atoms with Crippen molar-refractivity contribution in [2.45, 2.75) is 0 Å². The van der Waals surface area contributed by atoms with Crippen LogP contribution in [0.2, 0.25) is 5.02 Å². The van der Waals surface area contributed by atoms with Gasteiger partial charge >= 0.3 is 0 Å². The Labute approximate surface area is 130 Å². The van der Waals surface area contributed by atoms with Gasteiger partial charge in [-0.3, -0.25) is 4.79 Å². The zero-order chi connectivity index (χ0) is 13.3. The van der Waals surface area contributed by atoms with Crippen molar-refractivity contribution >= 4 is 60.6 Å². The number of ketones is 1. The number of thiophene rings is 1. The maximum absolute atomic E-state index is 12.2. The Morgan fingerprint density at radius 3 is 2.56 bits per heavy atom. The molecule has 0 aliphatic rings. The summed E-state index contributed by atoms with van der Waals surface area (Å²) >= 11 is 14.1. The average molecular weight is 411 g/mol. The summed E-state index contributed by atoms with van der Waals surface area (Å²) in [5.74, 6) is 0.498. The summed E-state index contributed by atoms with van der Waals surface area (Å²) in [6.45, 7) is 0. The lowest BCUT2D eigenvalue weighted by Crippen LogP contribution is -1.98. The summed E-state index contributed by atoms with van der Waals surface area (Å²) in [5.41, 5.74) is 0.544. The molecule has 0 saturated carbocycles. The van der Waals surface area contributed by atoms with Crippen molar-refractivity contribution in [3.63, 3.8) is 0 Å². The van der Waals surface area contributed by atoms with Gasteiger partial charge < -0.3 is 4.74 Å². The molecule has 0 radical (unpaired) electrons. The van der Waals surface area contributed by atoms with Crippen LogP contribution in [-0.4, -0.2) is 12.9 Å². The summed E-state index contributed by atoms with van der Waals surface area (Å²) in [7, 11) is 1.54. The predicted molar refractivity (Wildman–Crippen MR) is 81.2 cm³/mol. The van der Waals surface area contributed by atoms with Crippen molar-refractivity contribution in [1.82, 2.24) is 0 Å². The van der Waals surface area contributed by atoms with Crippen molar-refractivity contribution in [3.8, 4) is 5.75 Å². The predicted octanol–water partition coefficient (Wildman–Crippen LogP) is 5.17. The summed E-state index contributed by atoms with van der Waals surface area (Å²) in [6, 6.07) is 6.79. The number of halogens is 3.